The van der Waals surface area contributed by atoms with Crippen molar-refractivity contribution in [3.05, 3.63) is 23.2 Å². The van der Waals surface area contributed by atoms with Crippen molar-refractivity contribution >= 4 is 33.0 Å². The molecule has 0 heterocycles. The molecule has 2 rings (SSSR count). The number of anilines is 2. The van der Waals surface area contributed by atoms with Crippen LogP contribution < -0.4 is 10.0 Å². The van der Waals surface area contributed by atoms with Gasteiger partial charge in [0.15, 0.2) is 0 Å². The second-order valence-corrected chi connectivity index (χ2v) is 8.18. The highest BCUT2D eigenvalue weighted by Gasteiger charge is 2.16. The Morgan fingerprint density at radius 2 is 1.95 bits per heavy atom. The van der Waals surface area contributed by atoms with E-state index in [4.69, 9.17) is 11.6 Å². The zero-order chi connectivity index (χ0) is 15.5. The van der Waals surface area contributed by atoms with Gasteiger partial charge in [-0.3, -0.25) is 4.72 Å². The van der Waals surface area contributed by atoms with Crippen LogP contribution in [0, 0.1) is 5.92 Å². The number of halogens is 1. The molecule has 0 spiro atoms. The van der Waals surface area contributed by atoms with Crippen LogP contribution in [-0.4, -0.2) is 20.7 Å². The fraction of sp³-hybridized carbons (Fsp3) is 0.600. The van der Waals surface area contributed by atoms with Crippen LogP contribution in [0.25, 0.3) is 0 Å². The molecular weight excluding hydrogens is 308 g/mol. The average Bonchev–Trinajstić information content (AvgIpc) is 2.57. The molecule has 1 fully saturated rings. The van der Waals surface area contributed by atoms with Crippen LogP contribution in [0.3, 0.4) is 0 Å². The zero-order valence-corrected chi connectivity index (χ0v) is 14.1. The monoisotopic (exact) mass is 330 g/mol. The first-order valence-corrected chi connectivity index (χ1v) is 9.64. The van der Waals surface area contributed by atoms with Crippen LogP contribution in [0.2, 0.25) is 5.02 Å². The average molecular weight is 331 g/mol. The Morgan fingerprint density at radius 1 is 1.19 bits per heavy atom. The van der Waals surface area contributed by atoms with Gasteiger partial charge in [0.2, 0.25) is 10.0 Å². The fourth-order valence-corrected chi connectivity index (χ4v) is 3.62. The SMILES string of the molecule is CC1CCCC(Nc2ccc(NS(C)(=O)=O)c(Cl)c2)CC1. The molecule has 1 aromatic rings. The highest BCUT2D eigenvalue weighted by molar-refractivity contribution is 7.92. The molecular formula is C15H23ClN2O2S. The lowest BCUT2D eigenvalue weighted by molar-refractivity contribution is 0.502. The maximum Gasteiger partial charge on any atom is 0.229 e. The Labute approximate surface area is 132 Å². The first-order chi connectivity index (χ1) is 9.83. The summed E-state index contributed by atoms with van der Waals surface area (Å²) in [7, 11) is -3.31. The van der Waals surface area contributed by atoms with E-state index in [0.29, 0.717) is 16.8 Å². The summed E-state index contributed by atoms with van der Waals surface area (Å²) in [6.45, 7) is 2.31. The van der Waals surface area contributed by atoms with Gasteiger partial charge in [0, 0.05) is 11.7 Å². The van der Waals surface area contributed by atoms with Gasteiger partial charge < -0.3 is 5.32 Å². The Balaban J connectivity index is 2.03. The minimum absolute atomic E-state index is 0.410. The Bertz CT molecular complexity index is 589. The van der Waals surface area contributed by atoms with Gasteiger partial charge in [-0.15, -0.1) is 0 Å². The minimum Gasteiger partial charge on any atom is -0.382 e. The van der Waals surface area contributed by atoms with Gasteiger partial charge in [0.25, 0.3) is 0 Å². The summed E-state index contributed by atoms with van der Waals surface area (Å²) in [5.74, 6) is 0.807. The van der Waals surface area contributed by atoms with Gasteiger partial charge >= 0.3 is 0 Å². The maximum atomic E-state index is 11.2. The van der Waals surface area contributed by atoms with Crippen molar-refractivity contribution in [1.29, 1.82) is 0 Å². The Morgan fingerprint density at radius 3 is 2.62 bits per heavy atom. The summed E-state index contributed by atoms with van der Waals surface area (Å²) >= 11 is 6.14. The lowest BCUT2D eigenvalue weighted by Gasteiger charge is -2.18. The predicted octanol–water partition coefficient (Wildman–Crippen LogP) is 4.09. The van der Waals surface area contributed by atoms with E-state index in [1.54, 1.807) is 12.1 Å². The molecule has 1 aliphatic carbocycles. The van der Waals surface area contributed by atoms with Crippen molar-refractivity contribution in [3.8, 4) is 0 Å². The van der Waals surface area contributed by atoms with Crippen molar-refractivity contribution < 1.29 is 8.42 Å². The smallest absolute Gasteiger partial charge is 0.229 e. The molecule has 1 saturated carbocycles. The molecule has 0 radical (unpaired) electrons. The molecule has 4 nitrogen and oxygen atoms in total. The molecule has 6 heteroatoms. The summed E-state index contributed by atoms with van der Waals surface area (Å²) in [4.78, 5) is 0. The summed E-state index contributed by atoms with van der Waals surface area (Å²) in [6.07, 6.45) is 7.26. The van der Waals surface area contributed by atoms with Crippen LogP contribution in [-0.2, 0) is 10.0 Å². The predicted molar refractivity (Wildman–Crippen MR) is 89.6 cm³/mol. The third kappa shape index (κ3) is 5.40. The number of rotatable bonds is 4. The Hall–Kier alpha value is -0.940. The minimum atomic E-state index is -3.31. The second-order valence-electron chi connectivity index (χ2n) is 6.02. The maximum absolute atomic E-state index is 11.2. The van der Waals surface area contributed by atoms with Crippen molar-refractivity contribution in [1.82, 2.24) is 0 Å². The van der Waals surface area contributed by atoms with Crippen LogP contribution >= 0.6 is 11.6 Å². The lowest BCUT2D eigenvalue weighted by Crippen LogP contribution is -2.18. The molecule has 0 aliphatic heterocycles. The summed E-state index contributed by atoms with van der Waals surface area (Å²) in [5.41, 5.74) is 1.36. The zero-order valence-electron chi connectivity index (χ0n) is 12.5. The number of hydrogen-bond acceptors (Lipinski definition) is 3. The molecule has 118 valence electrons. The van der Waals surface area contributed by atoms with Crippen LogP contribution in [0.5, 0.6) is 0 Å². The molecule has 2 unspecified atom stereocenters. The number of hydrogen-bond donors (Lipinski definition) is 2. The third-order valence-electron chi connectivity index (χ3n) is 3.89. The molecule has 0 bridgehead atoms. The van der Waals surface area contributed by atoms with Crippen molar-refractivity contribution in [2.45, 2.75) is 45.1 Å². The van der Waals surface area contributed by atoms with E-state index in [2.05, 4.69) is 17.0 Å². The quantitative estimate of drug-likeness (QED) is 0.817. The normalized spacial score (nSPS) is 23.4. The van der Waals surface area contributed by atoms with E-state index in [1.807, 2.05) is 6.07 Å². The molecule has 2 atom stereocenters. The van der Waals surface area contributed by atoms with Crippen molar-refractivity contribution in [3.63, 3.8) is 0 Å². The number of sulfonamides is 1. The molecule has 0 amide bonds. The number of nitrogens with one attached hydrogen (secondary N) is 2. The molecule has 21 heavy (non-hydrogen) atoms. The molecule has 1 aromatic carbocycles. The van der Waals surface area contributed by atoms with Gasteiger partial charge in [0.1, 0.15) is 0 Å². The summed E-state index contributed by atoms with van der Waals surface area (Å²) < 4.78 is 24.9. The van der Waals surface area contributed by atoms with E-state index in [9.17, 15) is 8.42 Å². The first-order valence-electron chi connectivity index (χ1n) is 7.37. The second kappa shape index (κ2) is 6.88. The van der Waals surface area contributed by atoms with Gasteiger partial charge in [-0.05, 0) is 43.4 Å². The lowest BCUT2D eigenvalue weighted by atomic mass is 10.0. The van der Waals surface area contributed by atoms with Gasteiger partial charge in [-0.1, -0.05) is 31.4 Å². The van der Waals surface area contributed by atoms with Crippen LogP contribution in [0.15, 0.2) is 18.2 Å². The molecule has 1 aliphatic rings. The van der Waals surface area contributed by atoms with Crippen molar-refractivity contribution in [2.75, 3.05) is 16.3 Å². The molecule has 0 aromatic heterocycles. The Kier molecular flexibility index (Phi) is 5.38. The largest absolute Gasteiger partial charge is 0.382 e. The standard InChI is InChI=1S/C15H23ClN2O2S/c1-11-4-3-5-12(7-6-11)17-13-8-9-15(14(16)10-13)18-21(2,19)20/h8-12,17-18H,3-7H2,1-2H3. The summed E-state index contributed by atoms with van der Waals surface area (Å²) in [6, 6.07) is 5.82. The summed E-state index contributed by atoms with van der Waals surface area (Å²) in [5, 5.41) is 3.92. The van der Waals surface area contributed by atoms with Gasteiger partial charge in [-0.2, -0.15) is 0 Å². The van der Waals surface area contributed by atoms with E-state index < -0.39 is 10.0 Å². The van der Waals surface area contributed by atoms with E-state index in [-0.39, 0.29) is 0 Å². The third-order valence-corrected chi connectivity index (χ3v) is 4.80. The fourth-order valence-electron chi connectivity index (χ4n) is 2.75. The van der Waals surface area contributed by atoms with E-state index >= 15 is 0 Å². The van der Waals surface area contributed by atoms with E-state index in [0.717, 1.165) is 17.9 Å². The van der Waals surface area contributed by atoms with Crippen LogP contribution in [0.4, 0.5) is 11.4 Å². The highest BCUT2D eigenvalue weighted by Crippen LogP contribution is 2.29. The van der Waals surface area contributed by atoms with Crippen LogP contribution in [0.1, 0.15) is 39.0 Å². The molecule has 0 saturated heterocycles. The van der Waals surface area contributed by atoms with E-state index in [1.165, 1.54) is 32.1 Å². The van der Waals surface area contributed by atoms with Crippen molar-refractivity contribution in [2.24, 2.45) is 5.92 Å². The molecule has 2 N–H and O–H groups in total. The highest BCUT2D eigenvalue weighted by atomic mass is 35.5. The number of benzene rings is 1. The van der Waals surface area contributed by atoms with Gasteiger partial charge in [-0.25, -0.2) is 8.42 Å². The first kappa shape index (κ1) is 16.4. The van der Waals surface area contributed by atoms with Gasteiger partial charge in [0.05, 0.1) is 17.0 Å². The topological polar surface area (TPSA) is 58.2 Å².